The maximum Gasteiger partial charge on any atom is 0.0946 e. The summed E-state index contributed by atoms with van der Waals surface area (Å²) in [6.07, 6.45) is 9.20. The predicted molar refractivity (Wildman–Crippen MR) is 63.3 cm³/mol. The normalized spacial score (nSPS) is 16.2. The third-order valence-electron chi connectivity index (χ3n) is 1.67. The number of rotatable bonds is 1. The first-order valence-electron chi connectivity index (χ1n) is 5.19. The molecule has 1 rings (SSSR count). The van der Waals surface area contributed by atoms with Crippen molar-refractivity contribution in [2.45, 2.75) is 38.2 Å². The van der Waals surface area contributed by atoms with Crippen LogP contribution in [0.1, 0.15) is 32.1 Å². The molecule has 0 amide bonds. The molecule has 0 unspecified atom stereocenters. The summed E-state index contributed by atoms with van der Waals surface area (Å²) in [6, 6.07) is 0. The van der Waals surface area contributed by atoms with E-state index in [2.05, 4.69) is 0 Å². The van der Waals surface area contributed by atoms with E-state index in [1.165, 1.54) is 19.3 Å². The Hall–Kier alpha value is 0.190. The highest BCUT2D eigenvalue weighted by molar-refractivity contribution is 7.89. The van der Waals surface area contributed by atoms with E-state index < -0.39 is 11.2 Å². The van der Waals surface area contributed by atoms with Crippen molar-refractivity contribution >= 4 is 11.2 Å². The van der Waals surface area contributed by atoms with Crippen LogP contribution in [0.15, 0.2) is 0 Å². The summed E-state index contributed by atoms with van der Waals surface area (Å²) in [5.41, 5.74) is 0. The van der Waals surface area contributed by atoms with Crippen LogP contribution >= 0.6 is 0 Å². The molecule has 5 heteroatoms. The lowest BCUT2D eigenvalue weighted by molar-refractivity contribution is 0.130. The van der Waals surface area contributed by atoms with Crippen LogP contribution in [0.2, 0.25) is 0 Å². The summed E-state index contributed by atoms with van der Waals surface area (Å²) >= 11 is -0.611. The summed E-state index contributed by atoms with van der Waals surface area (Å²) in [4.78, 5) is 0. The molecule has 0 atom stereocenters. The van der Waals surface area contributed by atoms with Gasteiger partial charge in [-0.25, -0.2) is 0 Å². The quantitative estimate of drug-likeness (QED) is 0.575. The van der Waals surface area contributed by atoms with Crippen molar-refractivity contribution < 1.29 is 19.9 Å². The van der Waals surface area contributed by atoms with E-state index in [1.807, 2.05) is 0 Å². The lowest BCUT2D eigenvalue weighted by Crippen LogP contribution is -2.09. The molecule has 94 valence electrons. The zero-order valence-electron chi connectivity index (χ0n) is 9.69. The van der Waals surface area contributed by atoms with Gasteiger partial charge in [0.2, 0.25) is 0 Å². The van der Waals surface area contributed by atoms with Gasteiger partial charge in [0, 0.05) is 0 Å². The Morgan fingerprint density at radius 2 is 1.40 bits per heavy atom. The van der Waals surface area contributed by atoms with Gasteiger partial charge in [0.15, 0.2) is 0 Å². The minimum Gasteiger partial charge on any atom is -0.617 e. The molecule has 1 aliphatic rings. The standard InChI is InChI=1S/C6H12O.C2H6O2.C2H6OS/c7-6-4-2-1-3-5-6;3-1-2-4;1-4(2)3/h6-7H,1-5H2;3-4H,1-2H2;1-2H3. The second-order valence-electron chi connectivity index (χ2n) is 3.48. The lowest BCUT2D eigenvalue weighted by atomic mass is 9.98. The highest BCUT2D eigenvalue weighted by Crippen LogP contribution is 2.16. The van der Waals surface area contributed by atoms with Gasteiger partial charge in [-0.2, -0.15) is 0 Å². The Morgan fingerprint density at radius 1 is 1.07 bits per heavy atom. The van der Waals surface area contributed by atoms with Crippen LogP contribution in [0.3, 0.4) is 0 Å². The van der Waals surface area contributed by atoms with Gasteiger partial charge >= 0.3 is 0 Å². The molecule has 0 aromatic heterocycles. The summed E-state index contributed by atoms with van der Waals surface area (Å²) in [7, 11) is 0. The Bertz CT molecular complexity index is 101. The van der Waals surface area contributed by atoms with E-state index in [9.17, 15) is 4.55 Å². The molecule has 0 aromatic rings. The molecule has 0 bridgehead atoms. The SMILES string of the molecule is C[S+](C)[O-].OC1CCCCC1.OCCO. The number of hydrogen-bond acceptors (Lipinski definition) is 4. The minimum atomic E-state index is -0.611. The molecule has 0 saturated heterocycles. The van der Waals surface area contributed by atoms with E-state index in [-0.39, 0.29) is 19.3 Å². The number of aliphatic hydroxyl groups is 3. The van der Waals surface area contributed by atoms with Crippen molar-refractivity contribution in [2.24, 2.45) is 0 Å². The molecule has 0 radical (unpaired) electrons. The zero-order valence-corrected chi connectivity index (χ0v) is 10.5. The van der Waals surface area contributed by atoms with Crippen LogP contribution in [0, 0.1) is 0 Å². The summed E-state index contributed by atoms with van der Waals surface area (Å²) in [5.74, 6) is 0. The fraction of sp³-hybridized carbons (Fsp3) is 1.00. The van der Waals surface area contributed by atoms with Crippen LogP contribution < -0.4 is 0 Å². The molecular weight excluding hydrogens is 216 g/mol. The second-order valence-corrected chi connectivity index (χ2v) is 4.96. The van der Waals surface area contributed by atoms with Crippen LogP contribution in [-0.2, 0) is 11.2 Å². The predicted octanol–water partition coefficient (Wildman–Crippen LogP) is 0.277. The topological polar surface area (TPSA) is 83.8 Å². The van der Waals surface area contributed by atoms with Gasteiger partial charge in [-0.05, 0) is 12.8 Å². The first-order chi connectivity index (χ1) is 7.04. The minimum absolute atomic E-state index is 0.0359. The van der Waals surface area contributed by atoms with Gasteiger partial charge in [0.25, 0.3) is 0 Å². The van der Waals surface area contributed by atoms with Crippen molar-refractivity contribution in [3.05, 3.63) is 0 Å². The molecule has 1 fully saturated rings. The average Bonchev–Trinajstić information content (AvgIpc) is 2.18. The van der Waals surface area contributed by atoms with Crippen LogP contribution in [-0.4, -0.2) is 51.7 Å². The fourth-order valence-electron chi connectivity index (χ4n) is 1.08. The van der Waals surface area contributed by atoms with Gasteiger partial charge in [-0.3, -0.25) is 0 Å². The van der Waals surface area contributed by atoms with E-state index in [1.54, 1.807) is 12.5 Å². The highest BCUT2D eigenvalue weighted by atomic mass is 32.2. The Morgan fingerprint density at radius 3 is 1.53 bits per heavy atom. The third kappa shape index (κ3) is 25.0. The van der Waals surface area contributed by atoms with Gasteiger partial charge < -0.3 is 19.9 Å². The van der Waals surface area contributed by atoms with Crippen LogP contribution in [0.4, 0.5) is 0 Å². The summed E-state index contributed by atoms with van der Waals surface area (Å²) in [5, 5.41) is 24.2. The number of hydrogen-bond donors (Lipinski definition) is 3. The second kappa shape index (κ2) is 14.2. The highest BCUT2D eigenvalue weighted by Gasteiger charge is 2.07. The molecule has 1 saturated carbocycles. The van der Waals surface area contributed by atoms with E-state index >= 15 is 0 Å². The van der Waals surface area contributed by atoms with Crippen molar-refractivity contribution in [3.8, 4) is 0 Å². The molecular formula is C10H24O4S. The Balaban J connectivity index is 0. The maximum atomic E-state index is 9.56. The van der Waals surface area contributed by atoms with Crippen molar-refractivity contribution in [2.75, 3.05) is 25.7 Å². The van der Waals surface area contributed by atoms with Crippen molar-refractivity contribution in [3.63, 3.8) is 0 Å². The molecule has 0 heterocycles. The lowest BCUT2D eigenvalue weighted by Gasteiger charge is -2.14. The fourth-order valence-corrected chi connectivity index (χ4v) is 1.08. The zero-order chi connectivity index (χ0) is 12.1. The molecule has 0 spiro atoms. The molecule has 4 nitrogen and oxygen atoms in total. The van der Waals surface area contributed by atoms with E-state index in [0.29, 0.717) is 0 Å². The van der Waals surface area contributed by atoms with Gasteiger partial charge in [-0.15, -0.1) is 0 Å². The van der Waals surface area contributed by atoms with E-state index in [0.717, 1.165) is 12.8 Å². The van der Waals surface area contributed by atoms with Crippen molar-refractivity contribution in [1.29, 1.82) is 0 Å². The van der Waals surface area contributed by atoms with Gasteiger partial charge in [-0.1, -0.05) is 30.4 Å². The molecule has 1 aliphatic carbocycles. The van der Waals surface area contributed by atoms with Crippen LogP contribution in [0.25, 0.3) is 0 Å². The number of aliphatic hydroxyl groups excluding tert-OH is 3. The maximum absolute atomic E-state index is 9.56. The molecule has 3 N–H and O–H groups in total. The molecule has 15 heavy (non-hydrogen) atoms. The summed E-state index contributed by atoms with van der Waals surface area (Å²) in [6.45, 7) is -0.250. The molecule has 0 aliphatic heterocycles. The van der Waals surface area contributed by atoms with Crippen LogP contribution in [0.5, 0.6) is 0 Å². The van der Waals surface area contributed by atoms with Gasteiger partial charge in [0.1, 0.15) is 0 Å². The van der Waals surface area contributed by atoms with E-state index in [4.69, 9.17) is 15.3 Å². The average molecular weight is 240 g/mol. The Kier molecular flexibility index (Phi) is 16.6. The first kappa shape index (κ1) is 17.6. The Labute approximate surface area is 95.5 Å². The largest absolute Gasteiger partial charge is 0.617 e. The van der Waals surface area contributed by atoms with Gasteiger partial charge in [0.05, 0.1) is 31.8 Å². The molecule has 0 aromatic carbocycles. The third-order valence-corrected chi connectivity index (χ3v) is 1.67. The first-order valence-corrected chi connectivity index (χ1v) is 7.16. The smallest absolute Gasteiger partial charge is 0.0946 e. The van der Waals surface area contributed by atoms with Crippen molar-refractivity contribution in [1.82, 2.24) is 0 Å². The summed E-state index contributed by atoms with van der Waals surface area (Å²) < 4.78 is 9.56. The monoisotopic (exact) mass is 240 g/mol.